The van der Waals surface area contributed by atoms with Crippen molar-refractivity contribution in [2.75, 3.05) is 19.7 Å². The minimum absolute atomic E-state index is 0.157. The van der Waals surface area contributed by atoms with Crippen LogP contribution in [0.4, 0.5) is 0 Å². The Labute approximate surface area is 85.8 Å². The molecule has 0 aliphatic heterocycles. The lowest BCUT2D eigenvalue weighted by molar-refractivity contribution is 0.0947. The van der Waals surface area contributed by atoms with Gasteiger partial charge in [-0.25, -0.2) is 0 Å². The topological polar surface area (TPSA) is 52.5 Å². The van der Waals surface area contributed by atoms with E-state index in [-0.39, 0.29) is 6.61 Å². The Kier molecular flexibility index (Phi) is 5.83. The van der Waals surface area contributed by atoms with Crippen LogP contribution in [-0.4, -0.2) is 36.0 Å². The van der Waals surface area contributed by atoms with Crippen LogP contribution in [-0.2, 0) is 0 Å². The molecule has 0 heterocycles. The molecule has 0 spiro atoms. The Balaban J connectivity index is 2.00. The van der Waals surface area contributed by atoms with Gasteiger partial charge in [-0.1, -0.05) is 11.6 Å². The molecule has 0 saturated heterocycles. The average molecular weight is 199 g/mol. The molecule has 0 aromatic heterocycles. The summed E-state index contributed by atoms with van der Waals surface area (Å²) in [6.45, 7) is 1.24. The molecule has 3 N–H and O–H groups in total. The minimum Gasteiger partial charge on any atom is -0.394 e. The summed E-state index contributed by atoms with van der Waals surface area (Å²) in [5.41, 5.74) is 1.54. The Morgan fingerprint density at radius 2 is 2.29 bits per heavy atom. The summed E-state index contributed by atoms with van der Waals surface area (Å²) in [5, 5.41) is 20.8. The molecular weight excluding hydrogens is 178 g/mol. The van der Waals surface area contributed by atoms with Crippen molar-refractivity contribution < 1.29 is 10.2 Å². The maximum Gasteiger partial charge on any atom is 0.0894 e. The fourth-order valence-corrected chi connectivity index (χ4v) is 1.71. The molecule has 0 aromatic rings. The molecule has 14 heavy (non-hydrogen) atoms. The van der Waals surface area contributed by atoms with Crippen LogP contribution in [0.5, 0.6) is 0 Å². The van der Waals surface area contributed by atoms with E-state index in [1.165, 1.54) is 25.7 Å². The molecule has 0 unspecified atom stereocenters. The van der Waals surface area contributed by atoms with Crippen LogP contribution >= 0.6 is 0 Å². The zero-order valence-electron chi connectivity index (χ0n) is 8.71. The predicted molar refractivity (Wildman–Crippen MR) is 57.1 cm³/mol. The van der Waals surface area contributed by atoms with E-state index < -0.39 is 6.10 Å². The summed E-state index contributed by atoms with van der Waals surface area (Å²) in [7, 11) is 0. The largest absolute Gasteiger partial charge is 0.394 e. The number of nitrogens with one attached hydrogen (secondary N) is 1. The van der Waals surface area contributed by atoms with Gasteiger partial charge in [0, 0.05) is 6.54 Å². The van der Waals surface area contributed by atoms with Crippen molar-refractivity contribution in [2.24, 2.45) is 0 Å². The van der Waals surface area contributed by atoms with E-state index in [0.717, 1.165) is 13.0 Å². The van der Waals surface area contributed by atoms with Crippen LogP contribution in [0.25, 0.3) is 0 Å². The molecule has 82 valence electrons. The Hall–Kier alpha value is -0.380. The number of rotatable bonds is 6. The van der Waals surface area contributed by atoms with Gasteiger partial charge in [-0.15, -0.1) is 0 Å². The number of hydrogen-bond donors (Lipinski definition) is 3. The van der Waals surface area contributed by atoms with E-state index in [1.807, 2.05) is 0 Å². The molecule has 0 bridgehead atoms. The molecule has 1 aliphatic carbocycles. The van der Waals surface area contributed by atoms with Gasteiger partial charge < -0.3 is 15.5 Å². The standard InChI is InChI=1S/C11H21NO2/c13-9-11(14)8-12-7-6-10-4-2-1-3-5-10/h4,11-14H,1-3,5-9H2/t11-/m0/s1. The Morgan fingerprint density at radius 1 is 1.43 bits per heavy atom. The summed E-state index contributed by atoms with van der Waals surface area (Å²) in [6, 6.07) is 0. The molecule has 0 saturated carbocycles. The SMILES string of the molecule is OC[C@@H](O)CNCCC1=CCCCC1. The van der Waals surface area contributed by atoms with Gasteiger partial charge in [0.1, 0.15) is 0 Å². The third kappa shape index (κ3) is 4.74. The van der Waals surface area contributed by atoms with Gasteiger partial charge in [0.2, 0.25) is 0 Å². The first-order chi connectivity index (χ1) is 6.83. The third-order valence-corrected chi connectivity index (χ3v) is 2.60. The molecular formula is C11H21NO2. The first kappa shape index (κ1) is 11.7. The highest BCUT2D eigenvalue weighted by Crippen LogP contribution is 2.19. The highest BCUT2D eigenvalue weighted by Gasteiger charge is 2.04. The van der Waals surface area contributed by atoms with Crippen LogP contribution in [0.1, 0.15) is 32.1 Å². The second-order valence-electron chi connectivity index (χ2n) is 3.90. The third-order valence-electron chi connectivity index (χ3n) is 2.60. The van der Waals surface area contributed by atoms with Crippen molar-refractivity contribution in [2.45, 2.75) is 38.2 Å². The summed E-state index contributed by atoms with van der Waals surface area (Å²) in [6.07, 6.45) is 7.94. The zero-order chi connectivity index (χ0) is 10.2. The molecule has 1 rings (SSSR count). The highest BCUT2D eigenvalue weighted by atomic mass is 16.3. The van der Waals surface area contributed by atoms with E-state index in [2.05, 4.69) is 11.4 Å². The second kappa shape index (κ2) is 6.98. The number of aliphatic hydroxyl groups excluding tert-OH is 2. The molecule has 3 nitrogen and oxygen atoms in total. The van der Waals surface area contributed by atoms with Crippen LogP contribution in [0.15, 0.2) is 11.6 Å². The van der Waals surface area contributed by atoms with Crippen molar-refractivity contribution in [3.63, 3.8) is 0 Å². The smallest absolute Gasteiger partial charge is 0.0894 e. The van der Waals surface area contributed by atoms with Gasteiger partial charge >= 0.3 is 0 Å². The van der Waals surface area contributed by atoms with E-state index in [4.69, 9.17) is 10.2 Å². The summed E-state index contributed by atoms with van der Waals surface area (Å²) in [5.74, 6) is 0. The van der Waals surface area contributed by atoms with Crippen molar-refractivity contribution in [3.8, 4) is 0 Å². The summed E-state index contributed by atoms with van der Waals surface area (Å²) < 4.78 is 0. The van der Waals surface area contributed by atoms with Gasteiger partial charge in [-0.3, -0.25) is 0 Å². The lowest BCUT2D eigenvalue weighted by Gasteiger charge is -2.13. The van der Waals surface area contributed by atoms with Crippen LogP contribution in [0, 0.1) is 0 Å². The number of aliphatic hydroxyl groups is 2. The van der Waals surface area contributed by atoms with E-state index >= 15 is 0 Å². The fraction of sp³-hybridized carbons (Fsp3) is 0.818. The lowest BCUT2D eigenvalue weighted by Crippen LogP contribution is -2.30. The Bertz CT molecular complexity index is 180. The fourth-order valence-electron chi connectivity index (χ4n) is 1.71. The minimum atomic E-state index is -0.615. The Morgan fingerprint density at radius 3 is 2.93 bits per heavy atom. The van der Waals surface area contributed by atoms with Crippen LogP contribution < -0.4 is 5.32 Å². The van der Waals surface area contributed by atoms with E-state index in [0.29, 0.717) is 6.54 Å². The second-order valence-corrected chi connectivity index (χ2v) is 3.90. The van der Waals surface area contributed by atoms with Gasteiger partial charge in [0.05, 0.1) is 12.7 Å². The molecule has 3 heteroatoms. The quantitative estimate of drug-likeness (QED) is 0.438. The van der Waals surface area contributed by atoms with Gasteiger partial charge in [0.25, 0.3) is 0 Å². The van der Waals surface area contributed by atoms with E-state index in [9.17, 15) is 0 Å². The summed E-state index contributed by atoms with van der Waals surface area (Å²) >= 11 is 0. The molecule has 1 aliphatic rings. The van der Waals surface area contributed by atoms with Crippen LogP contribution in [0.3, 0.4) is 0 Å². The number of allylic oxidation sites excluding steroid dienone is 1. The lowest BCUT2D eigenvalue weighted by atomic mass is 9.97. The average Bonchev–Trinajstić information content (AvgIpc) is 2.25. The molecule has 0 amide bonds. The summed E-state index contributed by atoms with van der Waals surface area (Å²) in [4.78, 5) is 0. The molecule has 0 fully saturated rings. The molecule has 1 atom stereocenters. The first-order valence-corrected chi connectivity index (χ1v) is 5.50. The molecule has 0 aromatic carbocycles. The van der Waals surface area contributed by atoms with Gasteiger partial charge in [-0.05, 0) is 38.6 Å². The maximum absolute atomic E-state index is 9.07. The van der Waals surface area contributed by atoms with Crippen molar-refractivity contribution >= 4 is 0 Å². The normalized spacial score (nSPS) is 19.1. The van der Waals surface area contributed by atoms with E-state index in [1.54, 1.807) is 5.57 Å². The van der Waals surface area contributed by atoms with Crippen molar-refractivity contribution in [3.05, 3.63) is 11.6 Å². The van der Waals surface area contributed by atoms with Crippen molar-refractivity contribution in [1.82, 2.24) is 5.32 Å². The highest BCUT2D eigenvalue weighted by molar-refractivity contribution is 5.05. The maximum atomic E-state index is 9.07. The first-order valence-electron chi connectivity index (χ1n) is 5.50. The monoisotopic (exact) mass is 199 g/mol. The molecule has 0 radical (unpaired) electrons. The van der Waals surface area contributed by atoms with Gasteiger partial charge in [-0.2, -0.15) is 0 Å². The zero-order valence-corrected chi connectivity index (χ0v) is 8.71. The van der Waals surface area contributed by atoms with Gasteiger partial charge in [0.15, 0.2) is 0 Å². The predicted octanol–water partition coefficient (Wildman–Crippen LogP) is 0.820. The number of hydrogen-bond acceptors (Lipinski definition) is 3. The van der Waals surface area contributed by atoms with Crippen LogP contribution in [0.2, 0.25) is 0 Å². The van der Waals surface area contributed by atoms with Crippen molar-refractivity contribution in [1.29, 1.82) is 0 Å².